The van der Waals surface area contributed by atoms with Gasteiger partial charge in [0.05, 0.1) is 35.9 Å². The molecule has 1 N–H and O–H groups in total. The first kappa shape index (κ1) is 22.2. The van der Waals surface area contributed by atoms with Crippen LogP contribution in [0.2, 0.25) is 0 Å². The molecule has 1 aromatic heterocycles. The molecule has 0 radical (unpaired) electrons. The van der Waals surface area contributed by atoms with Gasteiger partial charge in [-0.1, -0.05) is 30.3 Å². The first-order chi connectivity index (χ1) is 16.0. The van der Waals surface area contributed by atoms with E-state index in [4.69, 9.17) is 4.74 Å². The maximum absolute atomic E-state index is 13.0. The van der Waals surface area contributed by atoms with Crippen LogP contribution >= 0.6 is 0 Å². The van der Waals surface area contributed by atoms with Gasteiger partial charge in [-0.15, -0.1) is 0 Å². The molecule has 1 aliphatic rings. The Bertz CT molecular complexity index is 1200. The Morgan fingerprint density at radius 2 is 1.76 bits per heavy atom. The summed E-state index contributed by atoms with van der Waals surface area (Å²) in [5, 5.41) is 14.1. The number of aromatic nitrogens is 1. The van der Waals surface area contributed by atoms with E-state index in [-0.39, 0.29) is 29.3 Å². The molecule has 1 saturated heterocycles. The highest BCUT2D eigenvalue weighted by Crippen LogP contribution is 2.26. The van der Waals surface area contributed by atoms with Gasteiger partial charge < -0.3 is 19.5 Å². The molecular weight excluding hydrogens is 424 g/mol. The minimum atomic E-state index is -0.503. The molecule has 2 heterocycles. The van der Waals surface area contributed by atoms with E-state index in [0.29, 0.717) is 38.5 Å². The third-order valence-corrected chi connectivity index (χ3v) is 5.52. The minimum absolute atomic E-state index is 0.0677. The van der Waals surface area contributed by atoms with Crippen LogP contribution in [0.5, 0.6) is 0 Å². The van der Waals surface area contributed by atoms with Gasteiger partial charge in [0, 0.05) is 44.0 Å². The Morgan fingerprint density at radius 3 is 2.45 bits per heavy atom. The number of nitrogens with one attached hydrogen (secondary N) is 1. The first-order valence-corrected chi connectivity index (χ1v) is 10.6. The Kier molecular flexibility index (Phi) is 6.80. The van der Waals surface area contributed by atoms with Crippen LogP contribution in [0.4, 0.5) is 11.4 Å². The fourth-order valence-corrected chi connectivity index (χ4v) is 3.73. The topological polar surface area (TPSA) is 107 Å². The van der Waals surface area contributed by atoms with E-state index in [2.05, 4.69) is 5.32 Å². The summed E-state index contributed by atoms with van der Waals surface area (Å²) in [7, 11) is 0. The number of nitro groups is 1. The van der Waals surface area contributed by atoms with Crippen LogP contribution in [-0.2, 0) is 17.8 Å². The fourth-order valence-electron chi connectivity index (χ4n) is 3.73. The van der Waals surface area contributed by atoms with Crippen molar-refractivity contribution >= 4 is 17.3 Å². The van der Waals surface area contributed by atoms with Crippen molar-refractivity contribution in [3.05, 3.63) is 104 Å². The molecule has 0 unspecified atom stereocenters. The third-order valence-electron chi connectivity index (χ3n) is 5.52. The van der Waals surface area contributed by atoms with Gasteiger partial charge >= 0.3 is 0 Å². The van der Waals surface area contributed by atoms with Gasteiger partial charge in [0.25, 0.3) is 17.2 Å². The number of morpholine rings is 1. The zero-order valence-corrected chi connectivity index (χ0v) is 18.0. The predicted octanol–water partition coefficient (Wildman–Crippen LogP) is 2.57. The minimum Gasteiger partial charge on any atom is -0.378 e. The van der Waals surface area contributed by atoms with Crippen LogP contribution in [0.15, 0.2) is 71.7 Å². The summed E-state index contributed by atoms with van der Waals surface area (Å²) in [6.45, 7) is 3.05. The second-order valence-electron chi connectivity index (χ2n) is 7.72. The number of hydrogen-bond donors (Lipinski definition) is 1. The average molecular weight is 448 g/mol. The summed E-state index contributed by atoms with van der Waals surface area (Å²) in [6.07, 6.45) is 1.74. The lowest BCUT2D eigenvalue weighted by molar-refractivity contribution is -0.384. The molecule has 9 nitrogen and oxygen atoms in total. The molecule has 0 saturated carbocycles. The molecular formula is C24H24N4O5. The lowest BCUT2D eigenvalue weighted by Gasteiger charge is -2.30. The number of rotatable bonds is 7. The number of nitro benzene ring substituents is 1. The van der Waals surface area contributed by atoms with Crippen LogP contribution < -0.4 is 15.8 Å². The van der Waals surface area contributed by atoms with E-state index in [0.717, 1.165) is 11.1 Å². The lowest BCUT2D eigenvalue weighted by atomic mass is 10.1. The third kappa shape index (κ3) is 5.45. The number of benzene rings is 2. The number of non-ortho nitro benzene ring substituents is 1. The van der Waals surface area contributed by atoms with Gasteiger partial charge in [0.2, 0.25) is 0 Å². The molecule has 9 heteroatoms. The van der Waals surface area contributed by atoms with Crippen molar-refractivity contribution in [3.63, 3.8) is 0 Å². The number of anilines is 1. The Hall–Kier alpha value is -3.98. The quantitative estimate of drug-likeness (QED) is 0.440. The lowest BCUT2D eigenvalue weighted by Crippen LogP contribution is -2.38. The highest BCUT2D eigenvalue weighted by Gasteiger charge is 2.22. The van der Waals surface area contributed by atoms with Gasteiger partial charge in [-0.2, -0.15) is 0 Å². The number of carbonyl (C=O) groups is 1. The molecule has 4 rings (SSSR count). The maximum atomic E-state index is 13.0. The van der Waals surface area contributed by atoms with E-state index >= 15 is 0 Å². The molecule has 1 fully saturated rings. The number of amides is 1. The van der Waals surface area contributed by atoms with Crippen LogP contribution in [0.3, 0.4) is 0 Å². The molecule has 0 atom stereocenters. The van der Waals surface area contributed by atoms with Crippen molar-refractivity contribution in [2.75, 3.05) is 31.2 Å². The SMILES string of the molecule is O=C(NCc1ccc(Cn2ccccc2=O)cc1)c1cc([N+](=O)[O-])ccc1N1CCOCC1. The number of hydrogen-bond acceptors (Lipinski definition) is 6. The number of ether oxygens (including phenoxy) is 1. The summed E-state index contributed by atoms with van der Waals surface area (Å²) in [6, 6.07) is 17.0. The predicted molar refractivity (Wildman–Crippen MR) is 124 cm³/mol. The average Bonchev–Trinajstić information content (AvgIpc) is 2.85. The standard InChI is InChI=1S/C24H24N4O5/c29-23-3-1-2-10-27(23)17-19-6-4-18(5-7-19)16-25-24(30)21-15-20(28(31)32)8-9-22(21)26-11-13-33-14-12-26/h1-10,15H,11-14,16-17H2,(H,25,30). The van der Waals surface area contributed by atoms with Crippen LogP contribution in [0.1, 0.15) is 21.5 Å². The Balaban J connectivity index is 1.45. The second kappa shape index (κ2) is 10.1. The number of carbonyl (C=O) groups excluding carboxylic acids is 1. The second-order valence-corrected chi connectivity index (χ2v) is 7.72. The molecule has 170 valence electrons. The van der Waals surface area contributed by atoms with Crippen molar-refractivity contribution in [1.29, 1.82) is 0 Å². The van der Waals surface area contributed by atoms with Crippen LogP contribution in [0, 0.1) is 10.1 Å². The molecule has 1 aliphatic heterocycles. The van der Waals surface area contributed by atoms with Crippen molar-refractivity contribution in [3.8, 4) is 0 Å². The smallest absolute Gasteiger partial charge is 0.270 e. The van der Waals surface area contributed by atoms with E-state index in [1.807, 2.05) is 35.2 Å². The fraction of sp³-hybridized carbons (Fsp3) is 0.250. The van der Waals surface area contributed by atoms with Crippen molar-refractivity contribution in [2.45, 2.75) is 13.1 Å². The van der Waals surface area contributed by atoms with E-state index < -0.39 is 4.92 Å². The van der Waals surface area contributed by atoms with Gasteiger partial charge in [-0.05, 0) is 23.3 Å². The normalized spacial score (nSPS) is 13.5. The maximum Gasteiger partial charge on any atom is 0.270 e. The molecule has 0 bridgehead atoms. The molecule has 0 spiro atoms. The summed E-state index contributed by atoms with van der Waals surface area (Å²) in [4.78, 5) is 37.6. The molecule has 3 aromatic rings. The molecule has 1 amide bonds. The van der Waals surface area contributed by atoms with Crippen molar-refractivity contribution in [2.24, 2.45) is 0 Å². The van der Waals surface area contributed by atoms with E-state index in [1.165, 1.54) is 18.2 Å². The van der Waals surface area contributed by atoms with Gasteiger partial charge in [-0.25, -0.2) is 0 Å². The molecule has 0 aliphatic carbocycles. The van der Waals surface area contributed by atoms with Gasteiger partial charge in [0.15, 0.2) is 0 Å². The largest absolute Gasteiger partial charge is 0.378 e. The van der Waals surface area contributed by atoms with E-state index in [1.54, 1.807) is 22.9 Å². The highest BCUT2D eigenvalue weighted by atomic mass is 16.6. The highest BCUT2D eigenvalue weighted by molar-refractivity contribution is 6.00. The zero-order valence-electron chi connectivity index (χ0n) is 18.0. The van der Waals surface area contributed by atoms with E-state index in [9.17, 15) is 19.7 Å². The number of nitrogens with zero attached hydrogens (tertiary/aromatic N) is 3. The summed E-state index contributed by atoms with van der Waals surface area (Å²) >= 11 is 0. The first-order valence-electron chi connectivity index (χ1n) is 10.6. The van der Waals surface area contributed by atoms with Crippen molar-refractivity contribution < 1.29 is 14.5 Å². The Morgan fingerprint density at radius 1 is 1.03 bits per heavy atom. The van der Waals surface area contributed by atoms with Gasteiger partial charge in [0.1, 0.15) is 0 Å². The molecule has 33 heavy (non-hydrogen) atoms. The monoisotopic (exact) mass is 448 g/mol. The summed E-state index contributed by atoms with van der Waals surface area (Å²) in [5.41, 5.74) is 2.58. The zero-order chi connectivity index (χ0) is 23.2. The van der Waals surface area contributed by atoms with Crippen molar-refractivity contribution in [1.82, 2.24) is 9.88 Å². The summed E-state index contributed by atoms with van der Waals surface area (Å²) in [5.74, 6) is -0.375. The Labute approximate surface area is 190 Å². The van der Waals surface area contributed by atoms with Crippen LogP contribution in [-0.4, -0.2) is 41.7 Å². The molecule has 2 aromatic carbocycles. The van der Waals surface area contributed by atoms with Gasteiger partial charge in [-0.3, -0.25) is 19.7 Å². The number of pyridine rings is 1. The van der Waals surface area contributed by atoms with Crippen LogP contribution in [0.25, 0.3) is 0 Å². The summed E-state index contributed by atoms with van der Waals surface area (Å²) < 4.78 is 6.99.